The van der Waals surface area contributed by atoms with Crippen molar-refractivity contribution in [1.29, 1.82) is 0 Å². The first-order valence-corrected chi connectivity index (χ1v) is 6.82. The molecule has 0 aromatic carbocycles. The molecule has 0 saturated carbocycles. The number of rotatable bonds is 1. The van der Waals surface area contributed by atoms with E-state index in [1.54, 1.807) is 20.8 Å². The molecule has 122 valence electrons. The van der Waals surface area contributed by atoms with Gasteiger partial charge < -0.3 is 15.0 Å². The largest absolute Gasteiger partial charge is 0.444 e. The van der Waals surface area contributed by atoms with E-state index in [1.165, 1.54) is 11.6 Å². The maximum Gasteiger partial charge on any atom is 0.408 e. The second kappa shape index (κ2) is 6.00. The maximum atomic E-state index is 11.7. The van der Waals surface area contributed by atoms with Crippen molar-refractivity contribution in [3.63, 3.8) is 0 Å². The van der Waals surface area contributed by atoms with Crippen molar-refractivity contribution < 1.29 is 9.53 Å². The van der Waals surface area contributed by atoms with E-state index in [1.807, 2.05) is 0 Å². The van der Waals surface area contributed by atoms with E-state index in [9.17, 15) is 14.4 Å². The smallest absolute Gasteiger partial charge is 0.408 e. The highest BCUT2D eigenvalue weighted by atomic mass is 16.6. The molecule has 2 rings (SSSR count). The summed E-state index contributed by atoms with van der Waals surface area (Å²) in [7, 11) is 1.49. The molecule has 2 aromatic rings. The SMILES string of the molecule is Cn1c(=O)[nH]c(=O)c2[nH]c(C#CCNC(=O)OC(C)(C)C)nc21. The molecule has 23 heavy (non-hydrogen) atoms. The molecule has 0 fully saturated rings. The Labute approximate surface area is 131 Å². The number of hydrogen-bond donors (Lipinski definition) is 3. The van der Waals surface area contributed by atoms with Gasteiger partial charge in [-0.05, 0) is 26.7 Å². The first-order valence-electron chi connectivity index (χ1n) is 6.82. The van der Waals surface area contributed by atoms with Crippen LogP contribution >= 0.6 is 0 Å². The Bertz CT molecular complexity index is 917. The second-order valence-electron chi connectivity index (χ2n) is 5.76. The minimum absolute atomic E-state index is 0.0568. The van der Waals surface area contributed by atoms with Crippen molar-refractivity contribution in [2.45, 2.75) is 26.4 Å². The zero-order valence-electron chi connectivity index (χ0n) is 13.2. The Hall–Kier alpha value is -3.02. The number of alkyl carbamates (subject to hydrolysis) is 1. The minimum atomic E-state index is -0.581. The van der Waals surface area contributed by atoms with Gasteiger partial charge >= 0.3 is 11.8 Å². The summed E-state index contributed by atoms with van der Waals surface area (Å²) < 4.78 is 6.26. The van der Waals surface area contributed by atoms with Gasteiger partial charge in [0.05, 0.1) is 6.54 Å². The number of aromatic nitrogens is 4. The van der Waals surface area contributed by atoms with E-state index in [-0.39, 0.29) is 23.5 Å². The molecule has 0 aliphatic rings. The van der Waals surface area contributed by atoms with Crippen LogP contribution in [0.1, 0.15) is 26.6 Å². The van der Waals surface area contributed by atoms with Crippen LogP contribution in [0.15, 0.2) is 9.59 Å². The molecule has 9 nitrogen and oxygen atoms in total. The number of ether oxygens (including phenoxy) is 1. The number of nitrogens with zero attached hydrogens (tertiary/aromatic N) is 2. The van der Waals surface area contributed by atoms with Crippen LogP contribution in [0, 0.1) is 11.8 Å². The number of fused-ring (bicyclic) bond motifs is 1. The lowest BCUT2D eigenvalue weighted by Crippen LogP contribution is -2.32. The Morgan fingerprint density at radius 2 is 2.04 bits per heavy atom. The molecule has 3 N–H and O–H groups in total. The number of carbonyl (C=O) groups is 1. The lowest BCUT2D eigenvalue weighted by molar-refractivity contribution is 0.0535. The van der Waals surface area contributed by atoms with Crippen LogP contribution in [0.5, 0.6) is 0 Å². The van der Waals surface area contributed by atoms with Crippen LogP contribution in [0.2, 0.25) is 0 Å². The third-order valence-electron chi connectivity index (χ3n) is 2.68. The zero-order valence-corrected chi connectivity index (χ0v) is 13.2. The summed E-state index contributed by atoms with van der Waals surface area (Å²) in [5, 5.41) is 2.48. The monoisotopic (exact) mass is 319 g/mol. The average molecular weight is 319 g/mol. The van der Waals surface area contributed by atoms with Gasteiger partial charge in [-0.15, -0.1) is 0 Å². The van der Waals surface area contributed by atoms with Crippen LogP contribution in [0.3, 0.4) is 0 Å². The van der Waals surface area contributed by atoms with Crippen molar-refractivity contribution >= 4 is 17.3 Å². The first kappa shape index (κ1) is 16.4. The summed E-state index contributed by atoms with van der Waals surface area (Å²) in [5.74, 6) is 5.57. The van der Waals surface area contributed by atoms with Gasteiger partial charge in [0.15, 0.2) is 17.0 Å². The van der Waals surface area contributed by atoms with E-state index < -0.39 is 22.9 Å². The van der Waals surface area contributed by atoms with Crippen molar-refractivity contribution in [3.8, 4) is 11.8 Å². The number of carbonyl (C=O) groups excluding carboxylic acids is 1. The van der Waals surface area contributed by atoms with Crippen LogP contribution in [0.25, 0.3) is 11.2 Å². The number of nitrogens with one attached hydrogen (secondary N) is 3. The lowest BCUT2D eigenvalue weighted by Gasteiger charge is -2.18. The molecule has 0 bridgehead atoms. The Kier molecular flexibility index (Phi) is 4.27. The highest BCUT2D eigenvalue weighted by molar-refractivity contribution is 5.70. The van der Waals surface area contributed by atoms with Crippen molar-refractivity contribution in [2.24, 2.45) is 7.05 Å². The van der Waals surface area contributed by atoms with Gasteiger partial charge in [-0.2, -0.15) is 0 Å². The quantitative estimate of drug-likeness (QED) is 0.630. The van der Waals surface area contributed by atoms with Gasteiger partial charge in [0.1, 0.15) is 5.60 Å². The van der Waals surface area contributed by atoms with E-state index in [4.69, 9.17) is 4.74 Å². The third-order valence-corrected chi connectivity index (χ3v) is 2.68. The summed E-state index contributed by atoms with van der Waals surface area (Å²) in [6.45, 7) is 5.33. The molecule has 0 radical (unpaired) electrons. The molecule has 9 heteroatoms. The fourth-order valence-electron chi connectivity index (χ4n) is 1.72. The minimum Gasteiger partial charge on any atom is -0.444 e. The Morgan fingerprint density at radius 3 is 2.70 bits per heavy atom. The number of aryl methyl sites for hydroxylation is 1. The number of aromatic amines is 2. The molecular weight excluding hydrogens is 302 g/mol. The maximum absolute atomic E-state index is 11.7. The average Bonchev–Trinajstić information content (AvgIpc) is 2.84. The summed E-state index contributed by atoms with van der Waals surface area (Å²) in [4.78, 5) is 43.5. The molecule has 0 spiro atoms. The van der Waals surface area contributed by atoms with Gasteiger partial charge in [-0.1, -0.05) is 5.92 Å². The number of imidazole rings is 1. The molecule has 0 aliphatic carbocycles. The summed E-state index contributed by atoms with van der Waals surface area (Å²) in [6, 6.07) is 0. The lowest BCUT2D eigenvalue weighted by atomic mass is 10.2. The summed E-state index contributed by atoms with van der Waals surface area (Å²) in [5.41, 5.74) is -1.32. The predicted molar refractivity (Wildman–Crippen MR) is 83.1 cm³/mol. The van der Waals surface area contributed by atoms with Gasteiger partial charge in [-0.3, -0.25) is 14.3 Å². The van der Waals surface area contributed by atoms with Gasteiger partial charge in [-0.25, -0.2) is 14.6 Å². The fraction of sp³-hybridized carbons (Fsp3) is 0.429. The highest BCUT2D eigenvalue weighted by Crippen LogP contribution is 2.06. The third kappa shape index (κ3) is 4.00. The second-order valence-corrected chi connectivity index (χ2v) is 5.76. The fourth-order valence-corrected chi connectivity index (χ4v) is 1.72. The number of H-pyrrole nitrogens is 2. The molecular formula is C14H17N5O4. The number of hydrogen-bond acceptors (Lipinski definition) is 5. The molecule has 0 aliphatic heterocycles. The zero-order chi connectivity index (χ0) is 17.2. The predicted octanol–water partition coefficient (Wildman–Crippen LogP) is -0.174. The van der Waals surface area contributed by atoms with E-state index >= 15 is 0 Å². The normalized spacial score (nSPS) is 11.0. The molecule has 1 amide bonds. The van der Waals surface area contributed by atoms with Gasteiger partial charge in [0.2, 0.25) is 0 Å². The first-order chi connectivity index (χ1) is 10.7. The van der Waals surface area contributed by atoms with Crippen LogP contribution in [0.4, 0.5) is 4.79 Å². The van der Waals surface area contributed by atoms with Crippen LogP contribution in [-0.4, -0.2) is 37.8 Å². The molecule has 0 unspecified atom stereocenters. The van der Waals surface area contributed by atoms with Crippen LogP contribution < -0.4 is 16.6 Å². The van der Waals surface area contributed by atoms with E-state index in [0.717, 1.165) is 0 Å². The van der Waals surface area contributed by atoms with Gasteiger partial charge in [0.25, 0.3) is 5.56 Å². The van der Waals surface area contributed by atoms with Crippen molar-refractivity contribution in [2.75, 3.05) is 6.54 Å². The Balaban J connectivity index is 2.11. The number of amides is 1. The summed E-state index contributed by atoms with van der Waals surface area (Å²) >= 11 is 0. The van der Waals surface area contributed by atoms with E-state index in [2.05, 4.69) is 32.1 Å². The van der Waals surface area contributed by atoms with Crippen molar-refractivity contribution in [3.05, 3.63) is 26.7 Å². The molecule has 2 aromatic heterocycles. The summed E-state index contributed by atoms with van der Waals surface area (Å²) in [6.07, 6.45) is -0.574. The molecule has 0 atom stereocenters. The van der Waals surface area contributed by atoms with Crippen LogP contribution in [-0.2, 0) is 11.8 Å². The topological polar surface area (TPSA) is 122 Å². The highest BCUT2D eigenvalue weighted by Gasteiger charge is 2.15. The van der Waals surface area contributed by atoms with Gasteiger partial charge in [0, 0.05) is 7.05 Å². The Morgan fingerprint density at radius 1 is 1.35 bits per heavy atom. The standard InChI is InChI=1S/C14H17N5O4/c1-14(2,3)23-13(22)15-7-5-6-8-16-9-10(17-8)19(4)12(21)18-11(9)20/h7H2,1-4H3,(H,15,22)(H,16,17)(H,18,20,21). The van der Waals surface area contributed by atoms with E-state index in [0.29, 0.717) is 0 Å². The molecule has 0 saturated heterocycles. The molecule has 2 heterocycles. The van der Waals surface area contributed by atoms with Crippen molar-refractivity contribution in [1.82, 2.24) is 24.8 Å².